The van der Waals surface area contributed by atoms with E-state index in [1.807, 2.05) is 23.0 Å². The molecule has 1 amide bonds. The molecule has 2 fully saturated rings. The van der Waals surface area contributed by atoms with Crippen LogP contribution < -0.4 is 10.6 Å². The Kier molecular flexibility index (Phi) is 7.36. The van der Waals surface area contributed by atoms with Crippen LogP contribution in [0.25, 0.3) is 0 Å². The first-order chi connectivity index (χ1) is 16.3. The molecule has 2 aliphatic rings. The quantitative estimate of drug-likeness (QED) is 0.513. The third-order valence-electron chi connectivity index (χ3n) is 7.87. The second kappa shape index (κ2) is 9.85. The normalized spacial score (nSPS) is 27.7. The molecule has 2 aromatic rings. The molecule has 1 aliphatic heterocycles. The Labute approximate surface area is 214 Å². The zero-order valence-electron chi connectivity index (χ0n) is 21.9. The van der Waals surface area contributed by atoms with Crippen LogP contribution in [-0.4, -0.2) is 27.8 Å². The fourth-order valence-electron chi connectivity index (χ4n) is 5.61. The monoisotopic (exact) mass is 502 g/mol. The van der Waals surface area contributed by atoms with E-state index in [-0.39, 0.29) is 40.5 Å². The summed E-state index contributed by atoms with van der Waals surface area (Å²) in [6.07, 6.45) is 6.92. The molecule has 0 bridgehead atoms. The average Bonchev–Trinajstić information content (AvgIpc) is 3.43. The van der Waals surface area contributed by atoms with Crippen LogP contribution >= 0.6 is 11.6 Å². The highest BCUT2D eigenvalue weighted by atomic mass is 35.5. The highest BCUT2D eigenvalue weighted by Crippen LogP contribution is 2.41. The van der Waals surface area contributed by atoms with Crippen LogP contribution in [0.5, 0.6) is 0 Å². The van der Waals surface area contributed by atoms with Crippen LogP contribution in [0.3, 0.4) is 0 Å². The lowest BCUT2D eigenvalue weighted by atomic mass is 9.71. The molecule has 5 nitrogen and oxygen atoms in total. The third kappa shape index (κ3) is 5.91. The number of hydrogen-bond acceptors (Lipinski definition) is 3. The first-order valence-corrected chi connectivity index (χ1v) is 13.3. The molecule has 1 saturated carbocycles. The summed E-state index contributed by atoms with van der Waals surface area (Å²) in [5, 5.41) is 11.7. The molecule has 2 heterocycles. The lowest BCUT2D eigenvalue weighted by Gasteiger charge is -2.37. The number of halogens is 2. The summed E-state index contributed by atoms with van der Waals surface area (Å²) >= 11 is 5.94. The van der Waals surface area contributed by atoms with Gasteiger partial charge in [-0.3, -0.25) is 14.8 Å². The third-order valence-corrected chi connectivity index (χ3v) is 8.17. The van der Waals surface area contributed by atoms with Crippen LogP contribution in [0.1, 0.15) is 96.9 Å². The van der Waals surface area contributed by atoms with Gasteiger partial charge < -0.3 is 5.32 Å². The molecule has 1 unspecified atom stereocenters. The van der Waals surface area contributed by atoms with Gasteiger partial charge in [0.25, 0.3) is 0 Å². The first-order valence-electron chi connectivity index (χ1n) is 12.9. The summed E-state index contributed by atoms with van der Waals surface area (Å²) in [7, 11) is 0. The van der Waals surface area contributed by atoms with E-state index in [9.17, 15) is 9.18 Å². The first kappa shape index (κ1) is 26.2. The SMILES string of the molecule is CC(C)(C)C1CCC(NC(=O)[C@@H]2CC(c3ccn(C(C)(C)C)n3)[C@H](c3ccc(Cl)c(F)c3)N2)CC1. The summed E-state index contributed by atoms with van der Waals surface area (Å²) in [6, 6.07) is 6.55. The summed E-state index contributed by atoms with van der Waals surface area (Å²) in [4.78, 5) is 13.3. The van der Waals surface area contributed by atoms with Crippen molar-refractivity contribution in [1.82, 2.24) is 20.4 Å². The van der Waals surface area contributed by atoms with Crippen molar-refractivity contribution in [2.24, 2.45) is 11.3 Å². The zero-order valence-corrected chi connectivity index (χ0v) is 22.6. The Bertz CT molecular complexity index is 1050. The molecule has 0 radical (unpaired) electrons. The summed E-state index contributed by atoms with van der Waals surface area (Å²) in [5.41, 5.74) is 1.86. The topological polar surface area (TPSA) is 59.0 Å². The van der Waals surface area contributed by atoms with E-state index in [1.54, 1.807) is 6.07 Å². The van der Waals surface area contributed by atoms with Crippen LogP contribution in [0, 0.1) is 17.2 Å². The second-order valence-electron chi connectivity index (χ2n) is 12.5. The van der Waals surface area contributed by atoms with Crippen LogP contribution in [0.15, 0.2) is 30.5 Å². The van der Waals surface area contributed by atoms with Crippen molar-refractivity contribution >= 4 is 17.5 Å². The lowest BCUT2D eigenvalue weighted by Crippen LogP contribution is -2.47. The summed E-state index contributed by atoms with van der Waals surface area (Å²) < 4.78 is 16.3. The van der Waals surface area contributed by atoms with Gasteiger partial charge >= 0.3 is 0 Å². The maximum atomic E-state index is 14.3. The molecule has 1 saturated heterocycles. The standard InChI is InChI=1S/C28H40ClFN4O/c1-27(2,3)18-8-10-19(11-9-18)31-26(35)24-16-20(23-13-14-34(33-23)28(4,5)6)25(32-24)17-7-12-21(29)22(30)15-17/h7,12-15,18-20,24-25,32H,8-11,16H2,1-6H3,(H,31,35)/t18?,19?,20?,24-,25-/m0/s1. The Morgan fingerprint density at radius 1 is 1.11 bits per heavy atom. The minimum Gasteiger partial charge on any atom is -0.352 e. The number of amides is 1. The molecule has 4 rings (SSSR count). The number of benzene rings is 1. The highest BCUT2D eigenvalue weighted by molar-refractivity contribution is 6.30. The van der Waals surface area contributed by atoms with E-state index >= 15 is 0 Å². The van der Waals surface area contributed by atoms with Gasteiger partial charge in [-0.05, 0) is 88.0 Å². The molecule has 192 valence electrons. The van der Waals surface area contributed by atoms with Crippen molar-refractivity contribution in [3.8, 4) is 0 Å². The lowest BCUT2D eigenvalue weighted by molar-refractivity contribution is -0.123. The largest absolute Gasteiger partial charge is 0.352 e. The predicted molar refractivity (Wildman–Crippen MR) is 139 cm³/mol. The molecule has 7 heteroatoms. The number of carbonyl (C=O) groups is 1. The molecule has 2 N–H and O–H groups in total. The van der Waals surface area contributed by atoms with E-state index in [4.69, 9.17) is 16.7 Å². The Hall–Kier alpha value is -1.92. The molecule has 0 spiro atoms. The number of rotatable bonds is 4. The summed E-state index contributed by atoms with van der Waals surface area (Å²) in [6.45, 7) is 13.2. The molecule has 3 atom stereocenters. The van der Waals surface area contributed by atoms with Gasteiger partial charge in [0.15, 0.2) is 0 Å². The minimum atomic E-state index is -0.451. The number of hydrogen-bond donors (Lipinski definition) is 2. The van der Waals surface area contributed by atoms with Crippen molar-refractivity contribution in [2.75, 3.05) is 0 Å². The summed E-state index contributed by atoms with van der Waals surface area (Å²) in [5.74, 6) is 0.230. The Morgan fingerprint density at radius 3 is 2.37 bits per heavy atom. The molecular formula is C28H40ClFN4O. The molecule has 1 aromatic carbocycles. The highest BCUT2D eigenvalue weighted by Gasteiger charge is 2.41. The van der Waals surface area contributed by atoms with E-state index in [2.05, 4.69) is 52.2 Å². The van der Waals surface area contributed by atoms with Gasteiger partial charge in [-0.2, -0.15) is 5.10 Å². The fraction of sp³-hybridized carbons (Fsp3) is 0.643. The number of nitrogens with zero attached hydrogens (tertiary/aromatic N) is 2. The van der Waals surface area contributed by atoms with Crippen molar-refractivity contribution in [3.05, 3.63) is 52.6 Å². The molecular weight excluding hydrogens is 463 g/mol. The van der Waals surface area contributed by atoms with Gasteiger partial charge in [-0.25, -0.2) is 4.39 Å². The van der Waals surface area contributed by atoms with Gasteiger partial charge in [0.1, 0.15) is 5.82 Å². The van der Waals surface area contributed by atoms with Gasteiger partial charge in [-0.15, -0.1) is 0 Å². The van der Waals surface area contributed by atoms with Crippen molar-refractivity contribution in [1.29, 1.82) is 0 Å². The predicted octanol–water partition coefficient (Wildman–Crippen LogP) is 6.34. The fourth-order valence-corrected chi connectivity index (χ4v) is 5.73. The van der Waals surface area contributed by atoms with E-state index in [0.717, 1.165) is 36.9 Å². The smallest absolute Gasteiger partial charge is 0.237 e. The Balaban J connectivity index is 1.51. The second-order valence-corrected chi connectivity index (χ2v) is 12.9. The average molecular weight is 503 g/mol. The van der Waals surface area contributed by atoms with E-state index in [0.29, 0.717) is 17.8 Å². The van der Waals surface area contributed by atoms with Gasteiger partial charge in [0, 0.05) is 24.2 Å². The van der Waals surface area contributed by atoms with Crippen molar-refractivity contribution in [3.63, 3.8) is 0 Å². The van der Waals surface area contributed by atoms with Crippen molar-refractivity contribution < 1.29 is 9.18 Å². The van der Waals surface area contributed by atoms with Gasteiger partial charge in [-0.1, -0.05) is 38.4 Å². The number of aromatic nitrogens is 2. The molecule has 1 aromatic heterocycles. The minimum absolute atomic E-state index is 0.0291. The molecule has 1 aliphatic carbocycles. The maximum Gasteiger partial charge on any atom is 0.237 e. The van der Waals surface area contributed by atoms with E-state index in [1.165, 1.54) is 6.07 Å². The van der Waals surface area contributed by atoms with E-state index < -0.39 is 5.82 Å². The zero-order chi connectivity index (χ0) is 25.5. The Morgan fingerprint density at radius 2 is 1.80 bits per heavy atom. The van der Waals surface area contributed by atoms with Gasteiger partial charge in [0.05, 0.1) is 22.3 Å². The maximum absolute atomic E-state index is 14.3. The van der Waals surface area contributed by atoms with Gasteiger partial charge in [0.2, 0.25) is 5.91 Å². The number of nitrogens with one attached hydrogen (secondary N) is 2. The molecule has 35 heavy (non-hydrogen) atoms. The van der Waals surface area contributed by atoms with Crippen LogP contribution in [0.4, 0.5) is 4.39 Å². The van der Waals surface area contributed by atoms with Crippen molar-refractivity contribution in [2.45, 2.75) is 103 Å². The van der Waals surface area contributed by atoms with Crippen LogP contribution in [0.2, 0.25) is 5.02 Å². The van der Waals surface area contributed by atoms with Crippen LogP contribution in [-0.2, 0) is 10.3 Å². The number of carbonyl (C=O) groups excluding carboxylic acids is 1.